The van der Waals surface area contributed by atoms with E-state index in [-0.39, 0.29) is 0 Å². The van der Waals surface area contributed by atoms with Crippen LogP contribution in [0.1, 0.15) is 11.1 Å². The Hall–Kier alpha value is -3.97. The van der Waals surface area contributed by atoms with Crippen LogP contribution in [-0.4, -0.2) is 65.5 Å². The molecule has 0 saturated carbocycles. The SMILES string of the molecule is CN/C=C(\C=N)c1cc(-c2ccc(N3CCN(CCc4ccccc4)CC3)nc2)c2ccnn2c1. The summed E-state index contributed by atoms with van der Waals surface area (Å²) in [4.78, 5) is 9.74. The van der Waals surface area contributed by atoms with E-state index in [2.05, 4.69) is 68.7 Å². The van der Waals surface area contributed by atoms with Crippen LogP contribution in [0, 0.1) is 5.41 Å². The fourth-order valence-electron chi connectivity index (χ4n) is 4.65. The third-order valence-corrected chi connectivity index (χ3v) is 6.61. The van der Waals surface area contributed by atoms with Crippen molar-refractivity contribution in [1.82, 2.24) is 24.8 Å². The quantitative estimate of drug-likeness (QED) is 0.385. The minimum absolute atomic E-state index is 0.792. The van der Waals surface area contributed by atoms with Gasteiger partial charge in [-0.05, 0) is 36.2 Å². The first kappa shape index (κ1) is 22.8. The van der Waals surface area contributed by atoms with Crippen LogP contribution in [0.3, 0.4) is 0 Å². The van der Waals surface area contributed by atoms with Gasteiger partial charge in [-0.1, -0.05) is 30.3 Å². The third-order valence-electron chi connectivity index (χ3n) is 6.61. The molecule has 1 fully saturated rings. The van der Waals surface area contributed by atoms with Crippen LogP contribution in [0.15, 0.2) is 79.4 Å². The summed E-state index contributed by atoms with van der Waals surface area (Å²) in [6, 6.07) is 19.1. The van der Waals surface area contributed by atoms with Gasteiger partial charge < -0.3 is 15.6 Å². The van der Waals surface area contributed by atoms with Gasteiger partial charge in [-0.2, -0.15) is 5.10 Å². The van der Waals surface area contributed by atoms with Gasteiger partial charge >= 0.3 is 0 Å². The molecule has 0 unspecified atom stereocenters. The number of anilines is 1. The Labute approximate surface area is 206 Å². The lowest BCUT2D eigenvalue weighted by atomic mass is 10.0. The minimum atomic E-state index is 0.792. The number of hydrogen-bond donors (Lipinski definition) is 2. The Morgan fingerprint density at radius 3 is 2.60 bits per heavy atom. The Balaban J connectivity index is 1.29. The standard InChI is InChI=1S/C28H31N7/c1-30-19-25(18-29)24-17-26(27-9-11-32-35(27)21-24)23-7-8-28(31-20-23)34-15-13-33(14-16-34)12-10-22-5-3-2-4-6-22/h2-9,11,17-21,29-30H,10,12-16H2,1H3/b25-19+,29-18?. The second-order valence-corrected chi connectivity index (χ2v) is 8.81. The lowest BCUT2D eigenvalue weighted by molar-refractivity contribution is 0.260. The number of piperazine rings is 1. The molecule has 1 saturated heterocycles. The van der Waals surface area contributed by atoms with E-state index in [1.54, 1.807) is 6.20 Å². The fourth-order valence-corrected chi connectivity index (χ4v) is 4.65. The fraction of sp³-hybridized carbons (Fsp3) is 0.250. The third kappa shape index (κ3) is 5.10. The second kappa shape index (κ2) is 10.5. The largest absolute Gasteiger partial charge is 0.393 e. The van der Waals surface area contributed by atoms with Crippen LogP contribution in [0.25, 0.3) is 22.2 Å². The molecule has 0 aliphatic carbocycles. The smallest absolute Gasteiger partial charge is 0.128 e. The average molecular weight is 466 g/mol. The maximum atomic E-state index is 7.79. The molecule has 4 aromatic rings. The minimum Gasteiger partial charge on any atom is -0.393 e. The average Bonchev–Trinajstić information content (AvgIpc) is 3.40. The number of nitrogens with one attached hydrogen (secondary N) is 2. The summed E-state index contributed by atoms with van der Waals surface area (Å²) < 4.78 is 1.86. The Morgan fingerprint density at radius 2 is 1.89 bits per heavy atom. The van der Waals surface area contributed by atoms with Crippen molar-refractivity contribution in [2.45, 2.75) is 6.42 Å². The van der Waals surface area contributed by atoms with Crippen LogP contribution in [0.4, 0.5) is 5.82 Å². The molecule has 0 amide bonds. The number of pyridine rings is 2. The molecular formula is C28H31N7. The van der Waals surface area contributed by atoms with Crippen molar-refractivity contribution < 1.29 is 0 Å². The topological polar surface area (TPSA) is 72.6 Å². The number of allylic oxidation sites excluding steroid dienone is 1. The summed E-state index contributed by atoms with van der Waals surface area (Å²) in [6.07, 6.45) is 9.97. The molecule has 0 bridgehead atoms. The van der Waals surface area contributed by atoms with Crippen LogP contribution in [-0.2, 0) is 6.42 Å². The first-order chi connectivity index (χ1) is 17.2. The van der Waals surface area contributed by atoms with Crippen molar-refractivity contribution in [3.8, 4) is 11.1 Å². The van der Waals surface area contributed by atoms with Crippen molar-refractivity contribution in [3.05, 3.63) is 90.5 Å². The normalized spacial score (nSPS) is 14.9. The van der Waals surface area contributed by atoms with Gasteiger partial charge in [0, 0.05) is 93.0 Å². The monoisotopic (exact) mass is 465 g/mol. The van der Waals surface area contributed by atoms with Crippen molar-refractivity contribution in [3.63, 3.8) is 0 Å². The predicted molar refractivity (Wildman–Crippen MR) is 143 cm³/mol. The molecule has 4 heterocycles. The molecule has 3 aromatic heterocycles. The second-order valence-electron chi connectivity index (χ2n) is 8.81. The first-order valence-corrected chi connectivity index (χ1v) is 12.1. The molecule has 7 nitrogen and oxygen atoms in total. The number of aromatic nitrogens is 3. The van der Waals surface area contributed by atoms with Gasteiger partial charge in [-0.3, -0.25) is 4.90 Å². The van der Waals surface area contributed by atoms with E-state index in [1.165, 1.54) is 11.8 Å². The zero-order valence-electron chi connectivity index (χ0n) is 20.1. The van der Waals surface area contributed by atoms with Gasteiger partial charge in [0.1, 0.15) is 5.82 Å². The van der Waals surface area contributed by atoms with Crippen molar-refractivity contribution in [2.24, 2.45) is 0 Å². The van der Waals surface area contributed by atoms with Crippen molar-refractivity contribution in [2.75, 3.05) is 44.7 Å². The van der Waals surface area contributed by atoms with Crippen LogP contribution < -0.4 is 10.2 Å². The molecular weight excluding hydrogens is 434 g/mol. The molecule has 7 heteroatoms. The number of benzene rings is 1. The van der Waals surface area contributed by atoms with E-state index in [0.717, 1.165) is 72.7 Å². The zero-order chi connectivity index (χ0) is 24.0. The lowest BCUT2D eigenvalue weighted by Gasteiger charge is -2.35. The van der Waals surface area contributed by atoms with Gasteiger partial charge in [0.15, 0.2) is 0 Å². The summed E-state index contributed by atoms with van der Waals surface area (Å²) in [7, 11) is 1.84. The summed E-state index contributed by atoms with van der Waals surface area (Å²) in [5.41, 5.74) is 6.23. The van der Waals surface area contributed by atoms with Crippen molar-refractivity contribution in [1.29, 1.82) is 5.41 Å². The molecule has 2 N–H and O–H groups in total. The van der Waals surface area contributed by atoms with E-state index in [1.807, 2.05) is 36.2 Å². The van der Waals surface area contributed by atoms with E-state index in [0.29, 0.717) is 0 Å². The lowest BCUT2D eigenvalue weighted by Crippen LogP contribution is -2.47. The highest BCUT2D eigenvalue weighted by molar-refractivity contribution is 6.08. The Kier molecular flexibility index (Phi) is 6.86. The van der Waals surface area contributed by atoms with Gasteiger partial charge in [-0.25, -0.2) is 9.50 Å². The molecule has 1 aliphatic rings. The number of hydrogen-bond acceptors (Lipinski definition) is 6. The number of rotatable bonds is 8. The maximum Gasteiger partial charge on any atom is 0.128 e. The Morgan fingerprint density at radius 1 is 1.06 bits per heavy atom. The number of fused-ring (bicyclic) bond motifs is 1. The molecule has 1 aliphatic heterocycles. The summed E-state index contributed by atoms with van der Waals surface area (Å²) >= 11 is 0. The van der Waals surface area contributed by atoms with E-state index < -0.39 is 0 Å². The molecule has 0 atom stereocenters. The van der Waals surface area contributed by atoms with E-state index in [9.17, 15) is 0 Å². The highest BCUT2D eigenvalue weighted by atomic mass is 15.3. The summed E-state index contributed by atoms with van der Waals surface area (Å²) in [6.45, 7) is 5.18. The zero-order valence-corrected chi connectivity index (χ0v) is 20.1. The van der Waals surface area contributed by atoms with E-state index >= 15 is 0 Å². The molecule has 0 spiro atoms. The van der Waals surface area contributed by atoms with Crippen LogP contribution >= 0.6 is 0 Å². The highest BCUT2D eigenvalue weighted by Gasteiger charge is 2.18. The Bertz CT molecular complexity index is 1300. The van der Waals surface area contributed by atoms with Gasteiger partial charge in [0.25, 0.3) is 0 Å². The highest BCUT2D eigenvalue weighted by Crippen LogP contribution is 2.29. The summed E-state index contributed by atoms with van der Waals surface area (Å²) in [5.74, 6) is 1.02. The predicted octanol–water partition coefficient (Wildman–Crippen LogP) is 3.97. The maximum absolute atomic E-state index is 7.79. The molecule has 0 radical (unpaired) electrons. The van der Waals surface area contributed by atoms with Gasteiger partial charge in [-0.15, -0.1) is 0 Å². The number of nitrogens with zero attached hydrogens (tertiary/aromatic N) is 5. The van der Waals surface area contributed by atoms with Gasteiger partial charge in [0.05, 0.1) is 5.52 Å². The first-order valence-electron chi connectivity index (χ1n) is 12.1. The molecule has 178 valence electrons. The van der Waals surface area contributed by atoms with Gasteiger partial charge in [0.2, 0.25) is 0 Å². The van der Waals surface area contributed by atoms with Crippen LogP contribution in [0.5, 0.6) is 0 Å². The van der Waals surface area contributed by atoms with Crippen LogP contribution in [0.2, 0.25) is 0 Å². The molecule has 1 aromatic carbocycles. The van der Waals surface area contributed by atoms with E-state index in [4.69, 9.17) is 10.4 Å². The summed E-state index contributed by atoms with van der Waals surface area (Å²) in [5, 5.41) is 15.2. The molecule has 5 rings (SSSR count). The molecule has 35 heavy (non-hydrogen) atoms. The van der Waals surface area contributed by atoms with Crippen molar-refractivity contribution >= 4 is 23.1 Å².